The van der Waals surface area contributed by atoms with Gasteiger partial charge in [-0.2, -0.15) is 0 Å². The average Bonchev–Trinajstić information content (AvgIpc) is 4.04. The van der Waals surface area contributed by atoms with Gasteiger partial charge in [0.25, 0.3) is 0 Å². The van der Waals surface area contributed by atoms with E-state index in [1.54, 1.807) is 6.20 Å². The van der Waals surface area contributed by atoms with Crippen molar-refractivity contribution in [1.29, 1.82) is 0 Å². The topological polar surface area (TPSA) is 186 Å². The van der Waals surface area contributed by atoms with Crippen molar-refractivity contribution in [2.45, 2.75) is 177 Å². The third-order valence-electron chi connectivity index (χ3n) is 16.6. The molecule has 8 aliphatic rings. The number of amides is 1. The number of nitrogen functional groups attached to an aromatic ring is 1. The molecule has 5 fully saturated rings. The zero-order valence-electron chi connectivity index (χ0n) is 38.5. The Kier molecular flexibility index (Phi) is 14.0. The molecule has 10 rings (SSSR count). The van der Waals surface area contributed by atoms with Crippen LogP contribution in [0.2, 0.25) is 0 Å². The number of carbonyl (C=O) groups excluding carboxylic acids is 2. The zero-order chi connectivity index (χ0) is 45.2. The van der Waals surface area contributed by atoms with Gasteiger partial charge in [-0.3, -0.25) is 14.6 Å². The summed E-state index contributed by atoms with van der Waals surface area (Å²) in [4.78, 5) is 38.1. The van der Waals surface area contributed by atoms with Crippen LogP contribution >= 0.6 is 21.6 Å². The standard InChI is InChI=1S/C51H72N6O6S2/c1-34(58)63-50-21-14-36(41(59)30-50)9-3-2-6-26-64-65-51(20-8-19-49(51)17-4-5-18-49)56-47(53)55-25-23-48(29-35-16-24-54-43(52)27-35)31-44(60)57(33-48)32-39-28-38(15-22-50)40-13-12-37-10-7-11-42(37)62-46(40)45(39)61/h12-13,16,24,27-28,36-37,41-42,59,61H,2-11,14-15,17-23,25-26,29-33H2,1H3,(H2,52,54)(H3,53,55,56). The molecule has 7 unspecified atom stereocenters. The number of hydrogen-bond acceptors (Lipinski definition) is 13. The Bertz CT molecular complexity index is 2130. The number of anilines is 1. The monoisotopic (exact) mass is 928 g/mol. The highest BCUT2D eigenvalue weighted by molar-refractivity contribution is 8.77. The van der Waals surface area contributed by atoms with Gasteiger partial charge in [-0.15, -0.1) is 0 Å². The van der Waals surface area contributed by atoms with Gasteiger partial charge >= 0.3 is 5.97 Å². The smallest absolute Gasteiger partial charge is 0.303 e. The van der Waals surface area contributed by atoms with E-state index in [1.807, 2.05) is 44.7 Å². The van der Waals surface area contributed by atoms with Gasteiger partial charge in [0, 0.05) is 79.2 Å². The first-order valence-corrected chi connectivity index (χ1v) is 27.2. The molecule has 5 heterocycles. The lowest BCUT2D eigenvalue weighted by molar-refractivity contribution is -0.168. The minimum Gasteiger partial charge on any atom is -0.504 e. The van der Waals surface area contributed by atoms with Gasteiger partial charge in [-0.05, 0) is 138 Å². The zero-order valence-corrected chi connectivity index (χ0v) is 40.1. The molecule has 1 saturated heterocycles. The number of aryl methyl sites for hydroxylation is 1. The fraction of sp³-hybridized carbons (Fsp3) is 0.686. The van der Waals surface area contributed by atoms with Crippen LogP contribution in [0.3, 0.4) is 0 Å². The number of fused-ring (bicyclic) bond motifs is 14. The Balaban J connectivity index is 1.05. The summed E-state index contributed by atoms with van der Waals surface area (Å²) in [5.74, 6) is 2.65. The molecular formula is C51H72N6O6S2. The highest BCUT2D eigenvalue weighted by Gasteiger charge is 2.57. The van der Waals surface area contributed by atoms with E-state index in [0.717, 1.165) is 80.2 Å². The van der Waals surface area contributed by atoms with Crippen LogP contribution in [-0.4, -0.2) is 79.5 Å². The minimum absolute atomic E-state index is 0.0214. The molecule has 1 aromatic carbocycles. The third kappa shape index (κ3) is 10.0. The van der Waals surface area contributed by atoms with Gasteiger partial charge in [0.05, 0.1) is 6.10 Å². The number of pyridine rings is 1. The number of aliphatic imine (C=N–C) groups is 1. The van der Waals surface area contributed by atoms with Crippen molar-refractivity contribution >= 4 is 51.3 Å². The lowest BCUT2D eigenvalue weighted by Crippen LogP contribution is -2.55. The number of aromatic nitrogens is 1. The summed E-state index contributed by atoms with van der Waals surface area (Å²) in [5.41, 5.74) is 15.5. The van der Waals surface area contributed by atoms with Gasteiger partial charge in [0.15, 0.2) is 17.5 Å². The first-order chi connectivity index (χ1) is 31.4. The summed E-state index contributed by atoms with van der Waals surface area (Å²) in [6.45, 7) is 2.63. The van der Waals surface area contributed by atoms with E-state index in [4.69, 9.17) is 25.9 Å². The highest BCUT2D eigenvalue weighted by Crippen LogP contribution is 2.63. The molecule has 0 radical (unpaired) electrons. The SMILES string of the molecule is CC(=O)OC12CCc3cc(c(O)c4c3C=CC3CCCC3O4)CN3CC(Cc4ccnc(N)c4)(CCN=C(N)NC4(CCCC45CCCC5)SSCCCCCC(CC1)C(O)C2)CC3=O. The van der Waals surface area contributed by atoms with Crippen LogP contribution in [0.1, 0.15) is 158 Å². The van der Waals surface area contributed by atoms with Crippen molar-refractivity contribution < 1.29 is 29.3 Å². The molecule has 4 aliphatic heterocycles. The molecule has 65 heavy (non-hydrogen) atoms. The van der Waals surface area contributed by atoms with E-state index >= 15 is 0 Å². The number of benzene rings is 1. The summed E-state index contributed by atoms with van der Waals surface area (Å²) >= 11 is 0. The number of aliphatic hydroxyl groups is 1. The fourth-order valence-electron chi connectivity index (χ4n) is 13.2. The molecule has 14 heteroatoms. The largest absolute Gasteiger partial charge is 0.504 e. The van der Waals surface area contributed by atoms with Gasteiger partial charge < -0.3 is 41.4 Å². The molecule has 6 bridgehead atoms. The first kappa shape index (κ1) is 46.5. The fourth-order valence-corrected chi connectivity index (χ4v) is 16.8. The Hall–Kier alpha value is -3.62. The summed E-state index contributed by atoms with van der Waals surface area (Å²) in [6, 6.07) is 5.92. The molecule has 354 valence electrons. The number of carbonyl (C=O) groups is 2. The number of nitrogens with zero attached hydrogens (tertiary/aromatic N) is 3. The minimum atomic E-state index is -0.801. The van der Waals surface area contributed by atoms with Crippen LogP contribution in [0.4, 0.5) is 5.82 Å². The second-order valence-electron chi connectivity index (χ2n) is 21.0. The lowest BCUT2D eigenvalue weighted by Gasteiger charge is -2.44. The van der Waals surface area contributed by atoms with Crippen molar-refractivity contribution in [3.8, 4) is 11.5 Å². The number of rotatable bonds is 3. The van der Waals surface area contributed by atoms with E-state index in [0.29, 0.717) is 81.1 Å². The van der Waals surface area contributed by atoms with E-state index in [2.05, 4.69) is 22.5 Å². The number of phenols is 1. The summed E-state index contributed by atoms with van der Waals surface area (Å²) in [7, 11) is 3.96. The number of aliphatic hydroxyl groups excluding tert-OH is 1. The lowest BCUT2D eigenvalue weighted by atomic mass is 9.72. The van der Waals surface area contributed by atoms with Crippen LogP contribution < -0.4 is 21.5 Å². The molecule has 1 aromatic heterocycles. The van der Waals surface area contributed by atoms with Crippen molar-refractivity contribution in [1.82, 2.24) is 15.2 Å². The molecular weight excluding hydrogens is 857 g/mol. The number of nitrogens with one attached hydrogen (secondary N) is 1. The molecule has 12 nitrogen and oxygen atoms in total. The van der Waals surface area contributed by atoms with Gasteiger partial charge in [-0.1, -0.05) is 59.4 Å². The number of hydrogen-bond donors (Lipinski definition) is 5. The van der Waals surface area contributed by atoms with Crippen molar-refractivity contribution in [3.05, 3.63) is 52.7 Å². The second-order valence-corrected chi connectivity index (χ2v) is 23.7. The average molecular weight is 929 g/mol. The molecule has 7 atom stereocenters. The van der Waals surface area contributed by atoms with E-state index in [-0.39, 0.29) is 52.4 Å². The highest BCUT2D eigenvalue weighted by atomic mass is 33.1. The van der Waals surface area contributed by atoms with Crippen molar-refractivity contribution in [3.63, 3.8) is 0 Å². The van der Waals surface area contributed by atoms with Gasteiger partial charge in [0.2, 0.25) is 5.91 Å². The molecule has 2 aromatic rings. The van der Waals surface area contributed by atoms with Crippen LogP contribution in [0.5, 0.6) is 11.5 Å². The maximum absolute atomic E-state index is 14.4. The molecule has 7 N–H and O–H groups in total. The predicted molar refractivity (Wildman–Crippen MR) is 260 cm³/mol. The van der Waals surface area contributed by atoms with Crippen molar-refractivity contribution in [2.24, 2.45) is 33.4 Å². The normalized spacial score (nSPS) is 33.2. The summed E-state index contributed by atoms with van der Waals surface area (Å²) in [6.07, 6.45) is 25.7. The predicted octanol–water partition coefficient (Wildman–Crippen LogP) is 8.99. The number of phenolic OH excluding ortho intramolecular Hbond substituents is 1. The molecule has 2 spiro atoms. The van der Waals surface area contributed by atoms with E-state index in [9.17, 15) is 19.8 Å². The third-order valence-corrected chi connectivity index (χ3v) is 19.9. The van der Waals surface area contributed by atoms with Crippen LogP contribution in [0, 0.1) is 22.7 Å². The Morgan fingerprint density at radius 3 is 2.65 bits per heavy atom. The number of nitrogens with two attached hydrogens (primary N) is 2. The van der Waals surface area contributed by atoms with Gasteiger partial charge in [0.1, 0.15) is 22.4 Å². The summed E-state index contributed by atoms with van der Waals surface area (Å²) in [5, 5.41) is 27.7. The molecule has 4 aliphatic carbocycles. The van der Waals surface area contributed by atoms with Crippen LogP contribution in [0.25, 0.3) is 6.08 Å². The van der Waals surface area contributed by atoms with Crippen LogP contribution in [-0.2, 0) is 33.7 Å². The second kappa shape index (κ2) is 19.5. The maximum atomic E-state index is 14.4. The van der Waals surface area contributed by atoms with Crippen molar-refractivity contribution in [2.75, 3.05) is 24.6 Å². The Morgan fingerprint density at radius 1 is 0.985 bits per heavy atom. The molecule has 1 amide bonds. The number of aromatic hydroxyl groups is 1. The van der Waals surface area contributed by atoms with Crippen LogP contribution in [0.15, 0.2) is 35.5 Å². The van der Waals surface area contributed by atoms with Gasteiger partial charge in [-0.25, -0.2) is 4.98 Å². The summed E-state index contributed by atoms with van der Waals surface area (Å²) < 4.78 is 13.0. The maximum Gasteiger partial charge on any atom is 0.303 e. The Morgan fingerprint density at radius 2 is 1.83 bits per heavy atom. The first-order valence-electron chi connectivity index (χ1n) is 24.8. The number of guanidine groups is 1. The Labute approximate surface area is 393 Å². The molecule has 4 saturated carbocycles. The quantitative estimate of drug-likeness (QED) is 0.146. The van der Waals surface area contributed by atoms with E-state index in [1.165, 1.54) is 45.4 Å². The number of esters is 1. The number of ether oxygens (including phenoxy) is 2. The van der Waals surface area contributed by atoms with E-state index < -0.39 is 17.1 Å².